The van der Waals surface area contributed by atoms with Crippen molar-refractivity contribution in [1.82, 2.24) is 10.2 Å². The lowest BCUT2D eigenvalue weighted by molar-refractivity contribution is 0.502. The van der Waals surface area contributed by atoms with Gasteiger partial charge in [0, 0.05) is 16.5 Å². The number of aryl methyl sites for hydroxylation is 2. The molecule has 0 fully saturated rings. The highest BCUT2D eigenvalue weighted by Crippen LogP contribution is 2.24. The summed E-state index contributed by atoms with van der Waals surface area (Å²) in [6.07, 6.45) is 1.85. The summed E-state index contributed by atoms with van der Waals surface area (Å²) in [6, 6.07) is 6.02. The van der Waals surface area contributed by atoms with Gasteiger partial charge >= 0.3 is 0 Å². The van der Waals surface area contributed by atoms with Gasteiger partial charge in [-0.2, -0.15) is 0 Å². The zero-order valence-corrected chi connectivity index (χ0v) is 10.9. The maximum Gasteiger partial charge on any atom is 0.247 e. The van der Waals surface area contributed by atoms with Crippen LogP contribution < -0.4 is 0 Å². The van der Waals surface area contributed by atoms with Gasteiger partial charge in [-0.15, -0.1) is 10.2 Å². The average Bonchev–Trinajstić information content (AvgIpc) is 2.71. The SMILES string of the molecule is CCCc1nnc(-c2ccc(C)c(Br)c2)o1. The molecule has 2 rings (SSSR count). The Morgan fingerprint density at radius 2 is 2.12 bits per heavy atom. The van der Waals surface area contributed by atoms with Crippen molar-refractivity contribution < 1.29 is 4.42 Å². The largest absolute Gasteiger partial charge is 0.421 e. The number of aromatic nitrogens is 2. The van der Waals surface area contributed by atoms with E-state index in [9.17, 15) is 0 Å². The number of hydrogen-bond acceptors (Lipinski definition) is 3. The highest BCUT2D eigenvalue weighted by molar-refractivity contribution is 9.10. The van der Waals surface area contributed by atoms with Crippen LogP contribution >= 0.6 is 15.9 Å². The molecule has 0 spiro atoms. The monoisotopic (exact) mass is 280 g/mol. The third-order valence-electron chi connectivity index (χ3n) is 2.35. The van der Waals surface area contributed by atoms with E-state index in [-0.39, 0.29) is 0 Å². The molecule has 0 aliphatic rings. The van der Waals surface area contributed by atoms with Crippen molar-refractivity contribution in [2.24, 2.45) is 0 Å². The Hall–Kier alpha value is -1.16. The van der Waals surface area contributed by atoms with Gasteiger partial charge in [0.1, 0.15) is 0 Å². The quantitative estimate of drug-likeness (QED) is 0.859. The Bertz CT molecular complexity index is 494. The Kier molecular flexibility index (Phi) is 3.39. The first-order chi connectivity index (χ1) is 7.70. The molecular weight excluding hydrogens is 268 g/mol. The van der Waals surface area contributed by atoms with Crippen LogP contribution in [0.4, 0.5) is 0 Å². The van der Waals surface area contributed by atoms with Crippen LogP contribution in [0.25, 0.3) is 11.5 Å². The molecule has 0 unspecified atom stereocenters. The molecule has 1 aromatic heterocycles. The number of rotatable bonds is 3. The van der Waals surface area contributed by atoms with Gasteiger partial charge in [-0.1, -0.05) is 28.9 Å². The molecule has 0 radical (unpaired) electrons. The minimum absolute atomic E-state index is 0.587. The molecule has 0 aliphatic carbocycles. The standard InChI is InChI=1S/C12H13BrN2O/c1-3-4-11-14-15-12(16-11)9-6-5-8(2)10(13)7-9/h5-7H,3-4H2,1-2H3. The third-order valence-corrected chi connectivity index (χ3v) is 3.20. The van der Waals surface area contributed by atoms with Gasteiger partial charge in [0.15, 0.2) is 0 Å². The highest BCUT2D eigenvalue weighted by atomic mass is 79.9. The van der Waals surface area contributed by atoms with Crippen LogP contribution in [0.1, 0.15) is 24.8 Å². The van der Waals surface area contributed by atoms with Crippen molar-refractivity contribution in [1.29, 1.82) is 0 Å². The van der Waals surface area contributed by atoms with Gasteiger partial charge in [-0.3, -0.25) is 0 Å². The molecule has 84 valence electrons. The predicted molar refractivity (Wildman–Crippen MR) is 66.2 cm³/mol. The highest BCUT2D eigenvalue weighted by Gasteiger charge is 2.08. The second-order valence-corrected chi connectivity index (χ2v) is 4.57. The van der Waals surface area contributed by atoms with Crippen LogP contribution in [-0.2, 0) is 6.42 Å². The van der Waals surface area contributed by atoms with Crippen molar-refractivity contribution in [2.75, 3.05) is 0 Å². The summed E-state index contributed by atoms with van der Waals surface area (Å²) in [4.78, 5) is 0. The van der Waals surface area contributed by atoms with Crippen molar-refractivity contribution in [2.45, 2.75) is 26.7 Å². The second kappa shape index (κ2) is 4.78. The van der Waals surface area contributed by atoms with Crippen LogP contribution in [0.2, 0.25) is 0 Å². The molecule has 0 atom stereocenters. The maximum absolute atomic E-state index is 5.56. The molecule has 0 bridgehead atoms. The summed E-state index contributed by atoms with van der Waals surface area (Å²) < 4.78 is 6.62. The normalized spacial score (nSPS) is 10.7. The van der Waals surface area contributed by atoms with Crippen molar-refractivity contribution >= 4 is 15.9 Å². The number of nitrogens with zero attached hydrogens (tertiary/aromatic N) is 2. The second-order valence-electron chi connectivity index (χ2n) is 3.71. The van der Waals surface area contributed by atoms with Crippen LogP contribution in [0, 0.1) is 6.92 Å². The number of benzene rings is 1. The zero-order valence-electron chi connectivity index (χ0n) is 9.33. The Balaban J connectivity index is 2.31. The van der Waals surface area contributed by atoms with E-state index in [1.54, 1.807) is 0 Å². The van der Waals surface area contributed by atoms with Crippen molar-refractivity contribution in [3.8, 4) is 11.5 Å². The molecule has 3 nitrogen and oxygen atoms in total. The van der Waals surface area contributed by atoms with E-state index in [0.29, 0.717) is 11.8 Å². The molecule has 0 saturated heterocycles. The first-order valence-electron chi connectivity index (χ1n) is 5.29. The van der Waals surface area contributed by atoms with E-state index in [1.807, 2.05) is 25.1 Å². The summed E-state index contributed by atoms with van der Waals surface area (Å²) in [5.41, 5.74) is 2.14. The molecule has 1 aromatic carbocycles. The van der Waals surface area contributed by atoms with E-state index < -0.39 is 0 Å². The molecule has 0 N–H and O–H groups in total. The Morgan fingerprint density at radius 3 is 2.81 bits per heavy atom. The summed E-state index contributed by atoms with van der Waals surface area (Å²) in [6.45, 7) is 4.14. The Morgan fingerprint density at radius 1 is 1.31 bits per heavy atom. The van der Waals surface area contributed by atoms with Crippen molar-refractivity contribution in [3.05, 3.63) is 34.1 Å². The number of halogens is 1. The van der Waals surface area contributed by atoms with Crippen LogP contribution in [-0.4, -0.2) is 10.2 Å². The lowest BCUT2D eigenvalue weighted by Crippen LogP contribution is -1.81. The first-order valence-corrected chi connectivity index (χ1v) is 6.09. The van der Waals surface area contributed by atoms with E-state index >= 15 is 0 Å². The van der Waals surface area contributed by atoms with Crippen LogP contribution in [0.5, 0.6) is 0 Å². The maximum atomic E-state index is 5.56. The van der Waals surface area contributed by atoms with E-state index in [0.717, 1.165) is 22.9 Å². The summed E-state index contributed by atoms with van der Waals surface area (Å²) in [7, 11) is 0. The lowest BCUT2D eigenvalue weighted by Gasteiger charge is -1.99. The molecule has 4 heteroatoms. The van der Waals surface area contributed by atoms with Gasteiger partial charge < -0.3 is 4.42 Å². The smallest absolute Gasteiger partial charge is 0.247 e. The minimum Gasteiger partial charge on any atom is -0.421 e. The Labute approximate surface area is 103 Å². The van der Waals surface area contributed by atoms with Crippen LogP contribution in [0.3, 0.4) is 0 Å². The fourth-order valence-electron chi connectivity index (χ4n) is 1.41. The predicted octanol–water partition coefficient (Wildman–Crippen LogP) is 3.76. The molecule has 0 amide bonds. The number of hydrogen-bond donors (Lipinski definition) is 0. The van der Waals surface area contributed by atoms with E-state index in [2.05, 4.69) is 33.1 Å². The van der Waals surface area contributed by atoms with E-state index in [1.165, 1.54) is 5.56 Å². The fourth-order valence-corrected chi connectivity index (χ4v) is 1.79. The first kappa shape index (κ1) is 11.3. The zero-order chi connectivity index (χ0) is 11.5. The molecule has 1 heterocycles. The summed E-state index contributed by atoms with van der Waals surface area (Å²) in [5, 5.41) is 8.04. The molecule has 16 heavy (non-hydrogen) atoms. The van der Waals surface area contributed by atoms with Gasteiger partial charge in [-0.25, -0.2) is 0 Å². The minimum atomic E-state index is 0.587. The molecule has 0 saturated carbocycles. The molecular formula is C12H13BrN2O. The van der Waals surface area contributed by atoms with Crippen LogP contribution in [0.15, 0.2) is 27.1 Å². The van der Waals surface area contributed by atoms with Gasteiger partial charge in [0.2, 0.25) is 11.8 Å². The third kappa shape index (κ3) is 2.32. The lowest BCUT2D eigenvalue weighted by atomic mass is 10.1. The van der Waals surface area contributed by atoms with Crippen molar-refractivity contribution in [3.63, 3.8) is 0 Å². The average molecular weight is 281 g/mol. The summed E-state index contributed by atoms with van der Waals surface area (Å²) in [5.74, 6) is 1.29. The van der Waals surface area contributed by atoms with Gasteiger partial charge in [-0.05, 0) is 31.0 Å². The topological polar surface area (TPSA) is 38.9 Å². The molecule has 2 aromatic rings. The van der Waals surface area contributed by atoms with Gasteiger partial charge in [0.25, 0.3) is 0 Å². The van der Waals surface area contributed by atoms with Gasteiger partial charge in [0.05, 0.1) is 0 Å². The van der Waals surface area contributed by atoms with E-state index in [4.69, 9.17) is 4.42 Å². The summed E-state index contributed by atoms with van der Waals surface area (Å²) >= 11 is 3.49. The molecule has 0 aliphatic heterocycles. The fraction of sp³-hybridized carbons (Fsp3) is 0.333.